The van der Waals surface area contributed by atoms with Crippen molar-refractivity contribution >= 4 is 11.9 Å². The van der Waals surface area contributed by atoms with Gasteiger partial charge in [0, 0.05) is 13.0 Å². The Morgan fingerprint density at radius 1 is 0.903 bits per heavy atom. The molecule has 0 radical (unpaired) electrons. The molecule has 0 atom stereocenters. The van der Waals surface area contributed by atoms with Crippen molar-refractivity contribution in [2.45, 2.75) is 20.1 Å². The molecule has 1 N–H and O–H groups in total. The minimum atomic E-state index is -0.426. The van der Waals surface area contributed by atoms with E-state index in [1.54, 1.807) is 6.07 Å². The first-order valence-corrected chi connectivity index (χ1v) is 9.87. The highest BCUT2D eigenvalue weighted by atomic mass is 16.5. The van der Waals surface area contributed by atoms with Gasteiger partial charge in [-0.05, 0) is 11.1 Å². The van der Waals surface area contributed by atoms with Gasteiger partial charge in [0.1, 0.15) is 25.6 Å². The fourth-order valence-electron chi connectivity index (χ4n) is 2.71. The normalized spacial score (nSPS) is 10.2. The number of amides is 1. The van der Waals surface area contributed by atoms with Crippen molar-refractivity contribution in [2.75, 3.05) is 13.2 Å². The lowest BCUT2D eigenvalue weighted by Crippen LogP contribution is -2.29. The molecule has 160 valence electrons. The summed E-state index contributed by atoms with van der Waals surface area (Å²) in [5.41, 5.74) is 2.10. The summed E-state index contributed by atoms with van der Waals surface area (Å²) in [6, 6.07) is 21.0. The lowest BCUT2D eigenvalue weighted by molar-refractivity contribution is -0.140. The average molecular weight is 420 g/mol. The fraction of sp³-hybridized carbons (Fsp3) is 0.208. The predicted octanol–water partition coefficient (Wildman–Crippen LogP) is 3.53. The van der Waals surface area contributed by atoms with E-state index in [4.69, 9.17) is 14.2 Å². The maximum absolute atomic E-state index is 12.6. The number of hydrogen-bond donors (Lipinski definition) is 1. The zero-order chi connectivity index (χ0) is 21.9. The van der Waals surface area contributed by atoms with E-state index < -0.39 is 11.9 Å². The Kier molecular flexibility index (Phi) is 7.99. The van der Waals surface area contributed by atoms with E-state index in [2.05, 4.69) is 10.3 Å². The molecule has 7 nitrogen and oxygen atoms in total. The van der Waals surface area contributed by atoms with Crippen LogP contribution in [0.25, 0.3) is 0 Å². The van der Waals surface area contributed by atoms with Crippen LogP contribution in [0.15, 0.2) is 72.9 Å². The topological polar surface area (TPSA) is 86.8 Å². The Bertz CT molecular complexity index is 993. The third-order valence-electron chi connectivity index (χ3n) is 4.22. The van der Waals surface area contributed by atoms with E-state index in [0.29, 0.717) is 18.1 Å². The monoisotopic (exact) mass is 420 g/mol. The molecule has 0 bridgehead atoms. The van der Waals surface area contributed by atoms with Crippen molar-refractivity contribution in [2.24, 2.45) is 0 Å². The van der Waals surface area contributed by atoms with Crippen molar-refractivity contribution in [3.63, 3.8) is 0 Å². The highest BCUT2D eigenvalue weighted by Gasteiger charge is 2.16. The van der Waals surface area contributed by atoms with Gasteiger partial charge in [0.2, 0.25) is 0 Å². The molecule has 0 aliphatic rings. The Morgan fingerprint density at radius 2 is 1.52 bits per heavy atom. The molecule has 1 heterocycles. The SMILES string of the molecule is CC(=O)OCCNC(=O)c1ncc(OCc2ccccc2)cc1OCc1ccccc1. The van der Waals surface area contributed by atoms with Gasteiger partial charge in [-0.3, -0.25) is 9.59 Å². The van der Waals surface area contributed by atoms with Crippen LogP contribution in [0.3, 0.4) is 0 Å². The predicted molar refractivity (Wildman–Crippen MR) is 115 cm³/mol. The van der Waals surface area contributed by atoms with Crippen LogP contribution in [0.4, 0.5) is 0 Å². The number of ether oxygens (including phenoxy) is 3. The summed E-state index contributed by atoms with van der Waals surface area (Å²) in [6.07, 6.45) is 1.49. The first-order valence-electron chi connectivity index (χ1n) is 9.87. The molecule has 3 rings (SSSR count). The zero-order valence-corrected chi connectivity index (χ0v) is 17.2. The van der Waals surface area contributed by atoms with Crippen LogP contribution in [0.5, 0.6) is 11.5 Å². The van der Waals surface area contributed by atoms with Gasteiger partial charge in [0.25, 0.3) is 5.91 Å². The van der Waals surface area contributed by atoms with Gasteiger partial charge >= 0.3 is 5.97 Å². The lowest BCUT2D eigenvalue weighted by Gasteiger charge is -2.13. The summed E-state index contributed by atoms with van der Waals surface area (Å²) in [7, 11) is 0. The molecule has 31 heavy (non-hydrogen) atoms. The summed E-state index contributed by atoms with van der Waals surface area (Å²) in [4.78, 5) is 27.7. The summed E-state index contributed by atoms with van der Waals surface area (Å²) < 4.78 is 16.5. The Hall–Kier alpha value is -3.87. The standard InChI is InChI=1S/C24H24N2O5/c1-18(27)29-13-12-25-24(28)23-22(31-17-20-10-6-3-7-11-20)14-21(15-26-23)30-16-19-8-4-2-5-9-19/h2-11,14-15H,12-13,16-17H2,1H3,(H,25,28). The summed E-state index contributed by atoms with van der Waals surface area (Å²) in [6.45, 7) is 2.21. The van der Waals surface area contributed by atoms with Crippen LogP contribution in [0.1, 0.15) is 28.5 Å². The van der Waals surface area contributed by atoms with Gasteiger partial charge in [-0.25, -0.2) is 4.98 Å². The molecule has 0 fully saturated rings. The van der Waals surface area contributed by atoms with E-state index in [1.165, 1.54) is 13.1 Å². The number of hydrogen-bond acceptors (Lipinski definition) is 6. The van der Waals surface area contributed by atoms with Gasteiger partial charge in [0.15, 0.2) is 11.4 Å². The molecule has 3 aromatic rings. The average Bonchev–Trinajstić information content (AvgIpc) is 2.80. The lowest BCUT2D eigenvalue weighted by atomic mass is 10.2. The molecule has 0 saturated heterocycles. The highest BCUT2D eigenvalue weighted by molar-refractivity contribution is 5.95. The molecule has 1 aromatic heterocycles. The highest BCUT2D eigenvalue weighted by Crippen LogP contribution is 2.24. The van der Waals surface area contributed by atoms with E-state index in [-0.39, 0.29) is 25.5 Å². The molecule has 0 aliphatic carbocycles. The second-order valence-corrected chi connectivity index (χ2v) is 6.66. The smallest absolute Gasteiger partial charge is 0.302 e. The molecule has 2 aromatic carbocycles. The summed E-state index contributed by atoms with van der Waals surface area (Å²) >= 11 is 0. The Balaban J connectivity index is 1.70. The maximum Gasteiger partial charge on any atom is 0.302 e. The zero-order valence-electron chi connectivity index (χ0n) is 17.2. The molecular weight excluding hydrogens is 396 g/mol. The molecular formula is C24H24N2O5. The van der Waals surface area contributed by atoms with Crippen molar-refractivity contribution in [3.8, 4) is 11.5 Å². The number of nitrogens with zero attached hydrogens (tertiary/aromatic N) is 1. The molecule has 0 aliphatic heterocycles. The van der Waals surface area contributed by atoms with Crippen LogP contribution in [-0.4, -0.2) is 30.0 Å². The summed E-state index contributed by atoms with van der Waals surface area (Å²) in [5.74, 6) is -0.0354. The first-order chi connectivity index (χ1) is 15.1. The summed E-state index contributed by atoms with van der Waals surface area (Å²) in [5, 5.41) is 2.67. The van der Waals surface area contributed by atoms with Crippen LogP contribution in [0, 0.1) is 0 Å². The van der Waals surface area contributed by atoms with E-state index in [1.807, 2.05) is 60.7 Å². The van der Waals surface area contributed by atoms with Gasteiger partial charge < -0.3 is 19.5 Å². The quantitative estimate of drug-likeness (QED) is 0.399. The van der Waals surface area contributed by atoms with Crippen LogP contribution >= 0.6 is 0 Å². The number of esters is 1. The van der Waals surface area contributed by atoms with Crippen molar-refractivity contribution in [3.05, 3.63) is 89.7 Å². The minimum Gasteiger partial charge on any atom is -0.487 e. The third kappa shape index (κ3) is 7.15. The largest absolute Gasteiger partial charge is 0.487 e. The fourth-order valence-corrected chi connectivity index (χ4v) is 2.71. The van der Waals surface area contributed by atoms with E-state index in [0.717, 1.165) is 11.1 Å². The molecule has 0 saturated carbocycles. The molecule has 0 unspecified atom stereocenters. The number of nitrogens with one attached hydrogen (secondary N) is 1. The van der Waals surface area contributed by atoms with Gasteiger partial charge in [-0.15, -0.1) is 0 Å². The number of pyridine rings is 1. The van der Waals surface area contributed by atoms with Crippen molar-refractivity contribution < 1.29 is 23.8 Å². The number of aromatic nitrogens is 1. The number of carbonyl (C=O) groups is 2. The van der Waals surface area contributed by atoms with Gasteiger partial charge in [0.05, 0.1) is 12.7 Å². The van der Waals surface area contributed by atoms with Crippen molar-refractivity contribution in [1.82, 2.24) is 10.3 Å². The minimum absolute atomic E-state index is 0.0829. The third-order valence-corrected chi connectivity index (χ3v) is 4.22. The Labute approximate surface area is 181 Å². The van der Waals surface area contributed by atoms with E-state index in [9.17, 15) is 9.59 Å². The second kappa shape index (κ2) is 11.3. The second-order valence-electron chi connectivity index (χ2n) is 6.66. The van der Waals surface area contributed by atoms with Crippen molar-refractivity contribution in [1.29, 1.82) is 0 Å². The molecule has 1 amide bonds. The first kappa shape index (κ1) is 21.8. The van der Waals surface area contributed by atoms with Crippen LogP contribution < -0.4 is 14.8 Å². The van der Waals surface area contributed by atoms with E-state index >= 15 is 0 Å². The number of rotatable bonds is 10. The van der Waals surface area contributed by atoms with Crippen LogP contribution in [-0.2, 0) is 22.7 Å². The number of carbonyl (C=O) groups excluding carboxylic acids is 2. The molecule has 0 spiro atoms. The maximum atomic E-state index is 12.6. The van der Waals surface area contributed by atoms with Crippen LogP contribution in [0.2, 0.25) is 0 Å². The Morgan fingerprint density at radius 3 is 2.13 bits per heavy atom. The van der Waals surface area contributed by atoms with Gasteiger partial charge in [-0.1, -0.05) is 60.7 Å². The molecule has 7 heteroatoms. The van der Waals surface area contributed by atoms with Gasteiger partial charge in [-0.2, -0.15) is 0 Å². The number of benzene rings is 2.